The standard InChI is InChI=1S/C40H22O2/c1-2-9-25-23(8-1)17-20-35-38(25)39-36(41-35)21-19-30-27-10-3-4-11-28(27)33-22-24(16-18-31(33)37(30)39)26-13-7-14-32-29-12-5-6-15-34(29)42-40(26)32/h1-22H. The second kappa shape index (κ2) is 7.99. The molecule has 0 bridgehead atoms. The highest BCUT2D eigenvalue weighted by molar-refractivity contribution is 6.37. The summed E-state index contributed by atoms with van der Waals surface area (Å²) in [5.41, 5.74) is 5.93. The van der Waals surface area contributed by atoms with Gasteiger partial charge in [0.2, 0.25) is 0 Å². The molecule has 0 saturated carbocycles. The molecule has 42 heavy (non-hydrogen) atoms. The molecule has 0 unspecified atom stereocenters. The Morgan fingerprint density at radius 1 is 0.333 bits per heavy atom. The van der Waals surface area contributed by atoms with E-state index in [2.05, 4.69) is 121 Å². The summed E-state index contributed by atoms with van der Waals surface area (Å²) in [7, 11) is 0. The Labute approximate surface area is 240 Å². The highest BCUT2D eigenvalue weighted by atomic mass is 16.3. The van der Waals surface area contributed by atoms with E-state index in [4.69, 9.17) is 8.83 Å². The van der Waals surface area contributed by atoms with Crippen molar-refractivity contribution in [3.8, 4) is 11.1 Å². The molecule has 0 saturated heterocycles. The zero-order valence-corrected chi connectivity index (χ0v) is 22.5. The largest absolute Gasteiger partial charge is 0.456 e. The Hall–Kier alpha value is -5.60. The Bertz CT molecular complexity index is 2740. The fraction of sp³-hybridized carbons (Fsp3) is 0. The van der Waals surface area contributed by atoms with Crippen LogP contribution in [0.1, 0.15) is 0 Å². The summed E-state index contributed by atoms with van der Waals surface area (Å²) in [5, 5.41) is 14.5. The smallest absolute Gasteiger partial charge is 0.143 e. The maximum Gasteiger partial charge on any atom is 0.143 e. The van der Waals surface area contributed by atoms with Crippen molar-refractivity contribution in [3.63, 3.8) is 0 Å². The second-order valence-corrected chi connectivity index (χ2v) is 11.2. The van der Waals surface area contributed by atoms with Gasteiger partial charge in [-0.1, -0.05) is 103 Å². The molecule has 0 aliphatic carbocycles. The first kappa shape index (κ1) is 22.1. The van der Waals surface area contributed by atoms with Crippen molar-refractivity contribution >= 4 is 87.0 Å². The van der Waals surface area contributed by atoms with Gasteiger partial charge in [-0.3, -0.25) is 0 Å². The van der Waals surface area contributed by atoms with Crippen LogP contribution in [0.4, 0.5) is 0 Å². The van der Waals surface area contributed by atoms with Crippen molar-refractivity contribution in [3.05, 3.63) is 133 Å². The predicted molar refractivity (Wildman–Crippen MR) is 176 cm³/mol. The van der Waals surface area contributed by atoms with Crippen molar-refractivity contribution in [1.82, 2.24) is 0 Å². The molecule has 8 aromatic carbocycles. The maximum absolute atomic E-state index is 6.49. The molecule has 2 heteroatoms. The van der Waals surface area contributed by atoms with Crippen LogP contribution in [-0.2, 0) is 0 Å². The van der Waals surface area contributed by atoms with E-state index in [-0.39, 0.29) is 0 Å². The molecule has 10 rings (SSSR count). The van der Waals surface area contributed by atoms with E-state index in [0.29, 0.717) is 0 Å². The van der Waals surface area contributed by atoms with Gasteiger partial charge in [0.25, 0.3) is 0 Å². The van der Waals surface area contributed by atoms with Gasteiger partial charge in [0.05, 0.1) is 0 Å². The summed E-state index contributed by atoms with van der Waals surface area (Å²) in [6.45, 7) is 0. The summed E-state index contributed by atoms with van der Waals surface area (Å²) < 4.78 is 12.9. The molecule has 0 N–H and O–H groups in total. The molecule has 10 aromatic rings. The summed E-state index contributed by atoms with van der Waals surface area (Å²) in [6, 6.07) is 47.6. The SMILES string of the molecule is c1ccc2c(c1)ccc1oc3ccc4c5ccccc5c5cc(-c6cccc7c6oc6ccccc67)ccc5c4c3c12. The molecule has 0 spiro atoms. The zero-order valence-electron chi connectivity index (χ0n) is 22.5. The van der Waals surface area contributed by atoms with Crippen LogP contribution in [0.5, 0.6) is 0 Å². The Morgan fingerprint density at radius 2 is 1.00 bits per heavy atom. The van der Waals surface area contributed by atoms with Crippen molar-refractivity contribution in [2.24, 2.45) is 0 Å². The third kappa shape index (κ3) is 2.83. The van der Waals surface area contributed by atoms with Crippen molar-refractivity contribution in [2.75, 3.05) is 0 Å². The molecule has 0 fully saturated rings. The van der Waals surface area contributed by atoms with Gasteiger partial charge in [0.1, 0.15) is 22.3 Å². The second-order valence-electron chi connectivity index (χ2n) is 11.2. The third-order valence-corrected chi connectivity index (χ3v) is 9.04. The molecular formula is C40H22O2. The average molecular weight is 535 g/mol. The third-order valence-electron chi connectivity index (χ3n) is 9.04. The number of furan rings is 2. The quantitative estimate of drug-likeness (QED) is 0.196. The number of para-hydroxylation sites is 2. The lowest BCUT2D eigenvalue weighted by Gasteiger charge is -2.13. The van der Waals surface area contributed by atoms with Crippen LogP contribution in [0.2, 0.25) is 0 Å². The Morgan fingerprint density at radius 3 is 1.90 bits per heavy atom. The lowest BCUT2D eigenvalue weighted by atomic mass is 9.89. The molecule has 194 valence electrons. The van der Waals surface area contributed by atoms with Crippen molar-refractivity contribution < 1.29 is 8.83 Å². The fourth-order valence-electron chi connectivity index (χ4n) is 7.21. The lowest BCUT2D eigenvalue weighted by molar-refractivity contribution is 0.669. The lowest BCUT2D eigenvalue weighted by Crippen LogP contribution is -1.86. The van der Waals surface area contributed by atoms with Crippen LogP contribution in [0.3, 0.4) is 0 Å². The Kier molecular flexibility index (Phi) is 4.21. The van der Waals surface area contributed by atoms with E-state index in [1.165, 1.54) is 53.9 Å². The van der Waals surface area contributed by atoms with Gasteiger partial charge >= 0.3 is 0 Å². The maximum atomic E-state index is 6.49. The number of rotatable bonds is 1. The van der Waals surface area contributed by atoms with E-state index in [1.54, 1.807) is 0 Å². The van der Waals surface area contributed by atoms with E-state index < -0.39 is 0 Å². The molecule has 0 radical (unpaired) electrons. The molecule has 0 aliphatic heterocycles. The summed E-state index contributed by atoms with van der Waals surface area (Å²) in [4.78, 5) is 0. The first-order valence-electron chi connectivity index (χ1n) is 14.4. The van der Waals surface area contributed by atoms with Crippen LogP contribution < -0.4 is 0 Å². The molecule has 2 aromatic heterocycles. The van der Waals surface area contributed by atoms with E-state index >= 15 is 0 Å². The van der Waals surface area contributed by atoms with E-state index in [1.807, 2.05) is 12.1 Å². The van der Waals surface area contributed by atoms with Gasteiger partial charge in [-0.15, -0.1) is 0 Å². The minimum absolute atomic E-state index is 0.915. The van der Waals surface area contributed by atoms with Crippen LogP contribution in [0.15, 0.2) is 142 Å². The minimum Gasteiger partial charge on any atom is -0.456 e. The summed E-state index contributed by atoms with van der Waals surface area (Å²) in [6.07, 6.45) is 0. The average Bonchev–Trinajstić information content (AvgIpc) is 3.63. The van der Waals surface area contributed by atoms with Crippen LogP contribution in [0.25, 0.3) is 98.1 Å². The molecule has 0 amide bonds. The summed E-state index contributed by atoms with van der Waals surface area (Å²) >= 11 is 0. The van der Waals surface area contributed by atoms with Gasteiger partial charge in [-0.05, 0) is 73.6 Å². The van der Waals surface area contributed by atoms with Crippen molar-refractivity contribution in [2.45, 2.75) is 0 Å². The number of hydrogen-bond acceptors (Lipinski definition) is 2. The van der Waals surface area contributed by atoms with Gasteiger partial charge in [-0.25, -0.2) is 0 Å². The first-order valence-corrected chi connectivity index (χ1v) is 14.4. The minimum atomic E-state index is 0.915. The molecule has 2 nitrogen and oxygen atoms in total. The van der Waals surface area contributed by atoms with E-state index in [9.17, 15) is 0 Å². The molecule has 2 heterocycles. The number of hydrogen-bond donors (Lipinski definition) is 0. The predicted octanol–water partition coefficient (Wildman–Crippen LogP) is 11.8. The Balaban J connectivity index is 1.38. The first-order chi connectivity index (χ1) is 20.8. The van der Waals surface area contributed by atoms with Crippen LogP contribution in [-0.4, -0.2) is 0 Å². The van der Waals surface area contributed by atoms with Gasteiger partial charge in [-0.2, -0.15) is 0 Å². The van der Waals surface area contributed by atoms with Crippen LogP contribution >= 0.6 is 0 Å². The van der Waals surface area contributed by atoms with Gasteiger partial charge in [0.15, 0.2) is 0 Å². The van der Waals surface area contributed by atoms with Crippen molar-refractivity contribution in [1.29, 1.82) is 0 Å². The van der Waals surface area contributed by atoms with Gasteiger partial charge < -0.3 is 8.83 Å². The topological polar surface area (TPSA) is 26.3 Å². The number of benzene rings is 8. The zero-order chi connectivity index (χ0) is 27.4. The van der Waals surface area contributed by atoms with Gasteiger partial charge in [0, 0.05) is 32.5 Å². The van der Waals surface area contributed by atoms with Crippen LogP contribution in [0, 0.1) is 0 Å². The monoisotopic (exact) mass is 534 g/mol. The molecule has 0 atom stereocenters. The molecule has 0 aliphatic rings. The normalized spacial score (nSPS) is 12.3. The highest BCUT2D eigenvalue weighted by Gasteiger charge is 2.19. The molecular weight excluding hydrogens is 512 g/mol. The highest BCUT2D eigenvalue weighted by Crippen LogP contribution is 2.45. The summed E-state index contributed by atoms with van der Waals surface area (Å²) in [5.74, 6) is 0. The fourth-order valence-corrected chi connectivity index (χ4v) is 7.21. The van der Waals surface area contributed by atoms with E-state index in [0.717, 1.165) is 44.2 Å². The number of fused-ring (bicyclic) bond motifs is 15.